The Labute approximate surface area is 189 Å². The van der Waals surface area contributed by atoms with Crippen LogP contribution in [-0.4, -0.2) is 48.2 Å². The normalized spacial score (nSPS) is 23.7. The molecule has 1 N–H and O–H groups in total. The molecule has 4 rings (SSSR count). The molecule has 2 aromatic carbocycles. The van der Waals surface area contributed by atoms with Crippen molar-refractivity contribution in [2.45, 2.75) is 10.9 Å². The average molecular weight is 483 g/mol. The summed E-state index contributed by atoms with van der Waals surface area (Å²) in [6, 6.07) is 10.3. The third-order valence-electron chi connectivity index (χ3n) is 5.76. The number of nitrogens with one attached hydrogen (secondary N) is 1. The molecule has 3 atom stereocenters. The number of carbonyl (C=O) groups is 1. The number of aromatic nitrogens is 2. The second-order valence-corrected chi connectivity index (χ2v) is 11.0. The van der Waals surface area contributed by atoms with Gasteiger partial charge in [-0.15, -0.1) is 0 Å². The first-order valence-corrected chi connectivity index (χ1v) is 11.6. The van der Waals surface area contributed by atoms with Crippen LogP contribution in [0, 0.1) is 11.7 Å². The minimum absolute atomic E-state index is 0.0215. The maximum atomic E-state index is 13.5. The molecule has 1 fully saturated rings. The summed E-state index contributed by atoms with van der Waals surface area (Å²) in [6.07, 6.45) is 2.54. The third-order valence-corrected chi connectivity index (χ3v) is 8.44. The maximum absolute atomic E-state index is 13.5. The molecule has 1 aliphatic rings. The van der Waals surface area contributed by atoms with Gasteiger partial charge in [0.15, 0.2) is 5.78 Å². The monoisotopic (exact) mass is 482 g/mol. The number of hydrogen-bond donors (Lipinski definition) is 1. The van der Waals surface area contributed by atoms with Crippen molar-refractivity contribution >= 4 is 39.0 Å². The summed E-state index contributed by atoms with van der Waals surface area (Å²) in [4.78, 5) is 20.0. The van der Waals surface area contributed by atoms with E-state index in [0.29, 0.717) is 21.2 Å². The Kier molecular flexibility index (Phi) is 5.68. The van der Waals surface area contributed by atoms with Gasteiger partial charge >= 0.3 is 10.0 Å². The highest BCUT2D eigenvalue weighted by Crippen LogP contribution is 2.42. The fraction of sp³-hybridized carbons (Fsp3) is 0.238. The van der Waals surface area contributed by atoms with Crippen LogP contribution < -0.4 is 0 Å². The van der Waals surface area contributed by atoms with Crippen LogP contribution in [0.5, 0.6) is 0 Å². The molecule has 0 radical (unpaired) electrons. The summed E-state index contributed by atoms with van der Waals surface area (Å²) in [7, 11) is -2.29. The van der Waals surface area contributed by atoms with Gasteiger partial charge in [-0.25, -0.2) is 13.3 Å². The fourth-order valence-electron chi connectivity index (χ4n) is 4.20. The highest BCUT2D eigenvalue weighted by molar-refractivity contribution is 7.85. The predicted octanol–water partition coefficient (Wildman–Crippen LogP) is 4.29. The van der Waals surface area contributed by atoms with Crippen LogP contribution in [0.15, 0.2) is 60.0 Å². The lowest BCUT2D eigenvalue weighted by Crippen LogP contribution is -2.47. The number of aromatic amines is 1. The van der Waals surface area contributed by atoms with Gasteiger partial charge in [0.1, 0.15) is 18.9 Å². The molecule has 1 aromatic heterocycles. The molecular formula is C21H19Cl2FN3O3S+. The molecule has 6 nitrogen and oxygen atoms in total. The number of ketones is 1. The lowest BCUT2D eigenvalue weighted by Gasteiger charge is -2.27. The van der Waals surface area contributed by atoms with E-state index in [2.05, 4.69) is 9.97 Å². The van der Waals surface area contributed by atoms with E-state index >= 15 is 0 Å². The van der Waals surface area contributed by atoms with Crippen LogP contribution in [-0.2, 0) is 10.0 Å². The molecule has 10 heteroatoms. The summed E-state index contributed by atoms with van der Waals surface area (Å²) in [6.45, 7) is 0.171. The van der Waals surface area contributed by atoms with Gasteiger partial charge in [-0.3, -0.25) is 4.79 Å². The van der Waals surface area contributed by atoms with Gasteiger partial charge in [0.2, 0.25) is 5.03 Å². The number of rotatable bonds is 5. The molecule has 31 heavy (non-hydrogen) atoms. The smallest absolute Gasteiger partial charge is 0.331 e. The van der Waals surface area contributed by atoms with E-state index in [0.717, 1.165) is 0 Å². The quantitative estimate of drug-likeness (QED) is 0.434. The molecule has 0 bridgehead atoms. The standard InChI is InChI=1S/C21H19Cl2FN3O3S/c1-27(31(29,30)20-9-25-12-26-20)10-18(13-2-4-17(24)5-3-13)19(11-27)21(28)14-6-15(22)8-16(23)7-14/h2-9,12,18-19H,10-11H2,1H3,(H,25,26)/q+1/t18-,19?,27+/m0/s1. The Morgan fingerprint density at radius 1 is 1.13 bits per heavy atom. The Morgan fingerprint density at radius 3 is 2.35 bits per heavy atom. The summed E-state index contributed by atoms with van der Waals surface area (Å²) in [5.41, 5.74) is 0.997. The number of likely N-dealkylation sites (N-methyl/N-ethyl adjacent to an activating group) is 1. The Hall–Kier alpha value is -2.26. The first kappa shape index (κ1) is 22.0. The number of H-pyrrole nitrogens is 1. The van der Waals surface area contributed by atoms with E-state index in [-0.39, 0.29) is 23.9 Å². The zero-order chi connectivity index (χ0) is 22.4. The van der Waals surface area contributed by atoms with Gasteiger partial charge in [0.25, 0.3) is 0 Å². The van der Waals surface area contributed by atoms with Crippen molar-refractivity contribution in [2.75, 3.05) is 20.1 Å². The van der Waals surface area contributed by atoms with Crippen molar-refractivity contribution in [3.05, 3.63) is 82.0 Å². The number of quaternary nitrogens is 1. The summed E-state index contributed by atoms with van der Waals surface area (Å²) in [5, 5.41) is 0.607. The van der Waals surface area contributed by atoms with Gasteiger partial charge in [-0.2, -0.15) is 8.42 Å². The minimum atomic E-state index is -3.87. The zero-order valence-corrected chi connectivity index (χ0v) is 18.8. The Morgan fingerprint density at radius 2 is 1.77 bits per heavy atom. The molecule has 0 spiro atoms. The number of carbonyl (C=O) groups excluding carboxylic acids is 1. The SMILES string of the molecule is C[N@+]1(S(=O)(=O)c2cnc[nH]2)CC(C(=O)c2cc(Cl)cc(Cl)c2)[C@H](c2ccc(F)cc2)C1. The van der Waals surface area contributed by atoms with Gasteiger partial charge < -0.3 is 4.98 Å². The number of imidazole rings is 1. The highest BCUT2D eigenvalue weighted by Gasteiger charge is 2.54. The van der Waals surface area contributed by atoms with Crippen molar-refractivity contribution in [1.82, 2.24) is 9.97 Å². The number of halogens is 3. The molecular weight excluding hydrogens is 464 g/mol. The third kappa shape index (κ3) is 4.01. The van der Waals surface area contributed by atoms with Gasteiger partial charge in [-0.1, -0.05) is 35.3 Å². The van der Waals surface area contributed by atoms with Crippen molar-refractivity contribution in [1.29, 1.82) is 0 Å². The predicted molar refractivity (Wildman–Crippen MR) is 115 cm³/mol. The minimum Gasteiger partial charge on any atom is -0.331 e. The lowest BCUT2D eigenvalue weighted by atomic mass is 9.84. The number of Topliss-reactive ketones (excluding diaryl/α,β-unsaturated/α-hetero) is 1. The molecule has 0 aliphatic carbocycles. The van der Waals surface area contributed by atoms with Crippen LogP contribution in [0.2, 0.25) is 10.0 Å². The molecule has 1 saturated heterocycles. The highest BCUT2D eigenvalue weighted by atomic mass is 35.5. The first-order valence-electron chi connectivity index (χ1n) is 9.45. The average Bonchev–Trinajstić information content (AvgIpc) is 3.37. The maximum Gasteiger partial charge on any atom is 0.344 e. The van der Waals surface area contributed by atoms with Crippen LogP contribution in [0.25, 0.3) is 0 Å². The molecule has 0 amide bonds. The number of nitrogens with zero attached hydrogens (tertiary/aromatic N) is 2. The van der Waals surface area contributed by atoms with Crippen molar-refractivity contribution < 1.29 is 21.5 Å². The molecule has 0 saturated carbocycles. The second kappa shape index (κ2) is 8.02. The van der Waals surface area contributed by atoms with Crippen LogP contribution in [0.1, 0.15) is 21.8 Å². The Balaban J connectivity index is 1.79. The van der Waals surface area contributed by atoms with E-state index in [4.69, 9.17) is 23.2 Å². The van der Waals surface area contributed by atoms with Crippen molar-refractivity contribution in [3.63, 3.8) is 0 Å². The molecule has 1 unspecified atom stereocenters. The van der Waals surface area contributed by atoms with Gasteiger partial charge in [-0.05, 0) is 35.9 Å². The summed E-state index contributed by atoms with van der Waals surface area (Å²) in [5.74, 6) is -1.80. The van der Waals surface area contributed by atoms with Crippen LogP contribution >= 0.6 is 23.2 Å². The lowest BCUT2D eigenvalue weighted by molar-refractivity contribution is -0.772. The Bertz CT molecular complexity index is 1210. The van der Waals surface area contributed by atoms with Crippen molar-refractivity contribution in [2.24, 2.45) is 5.92 Å². The van der Waals surface area contributed by atoms with E-state index in [1.165, 1.54) is 42.9 Å². The zero-order valence-electron chi connectivity index (χ0n) is 16.4. The number of hydrogen-bond acceptors (Lipinski definition) is 4. The van der Waals surface area contributed by atoms with E-state index in [1.54, 1.807) is 19.2 Å². The number of likely N-dealkylation sites (tertiary alicyclic amines) is 1. The molecule has 162 valence electrons. The van der Waals surface area contributed by atoms with Crippen LogP contribution in [0.3, 0.4) is 0 Å². The summed E-state index contributed by atoms with van der Waals surface area (Å²) >= 11 is 12.2. The topological polar surface area (TPSA) is 79.9 Å². The molecule has 1 aliphatic heterocycles. The number of sulfonamides is 1. The van der Waals surface area contributed by atoms with Gasteiger partial charge in [0.05, 0.1) is 25.5 Å². The molecule has 3 aromatic rings. The first-order chi connectivity index (χ1) is 14.6. The van der Waals surface area contributed by atoms with Gasteiger partial charge in [0, 0.05) is 21.5 Å². The van der Waals surface area contributed by atoms with E-state index < -0.39 is 31.6 Å². The molecule has 2 heterocycles. The number of benzene rings is 2. The van der Waals surface area contributed by atoms with E-state index in [9.17, 15) is 17.6 Å². The fourth-order valence-corrected chi connectivity index (χ4v) is 6.31. The largest absolute Gasteiger partial charge is 0.344 e. The van der Waals surface area contributed by atoms with Crippen LogP contribution in [0.4, 0.5) is 4.39 Å². The van der Waals surface area contributed by atoms with E-state index in [1.807, 2.05) is 0 Å². The summed E-state index contributed by atoms with van der Waals surface area (Å²) < 4.78 is 39.8. The second-order valence-electron chi connectivity index (χ2n) is 7.84. The van der Waals surface area contributed by atoms with Crippen molar-refractivity contribution in [3.8, 4) is 0 Å².